The Bertz CT molecular complexity index is 928. The van der Waals surface area contributed by atoms with Crippen LogP contribution in [0.15, 0.2) is 53.4 Å². The molecule has 1 amide bonds. The summed E-state index contributed by atoms with van der Waals surface area (Å²) in [6, 6.07) is 14.0. The van der Waals surface area contributed by atoms with Crippen molar-refractivity contribution in [3.63, 3.8) is 0 Å². The predicted molar refractivity (Wildman–Crippen MR) is 111 cm³/mol. The Labute approximate surface area is 170 Å². The van der Waals surface area contributed by atoms with Crippen molar-refractivity contribution in [3.8, 4) is 5.75 Å². The van der Waals surface area contributed by atoms with Gasteiger partial charge >= 0.3 is 5.97 Å². The van der Waals surface area contributed by atoms with Crippen molar-refractivity contribution < 1.29 is 19.1 Å². The minimum Gasteiger partial charge on any atom is -0.482 e. The third kappa shape index (κ3) is 4.68. The summed E-state index contributed by atoms with van der Waals surface area (Å²) in [6.07, 6.45) is 1.76. The summed E-state index contributed by atoms with van der Waals surface area (Å²) >= 11 is 12.6. The first-order valence-electron chi connectivity index (χ1n) is 7.81. The molecule has 0 radical (unpaired) electrons. The van der Waals surface area contributed by atoms with Crippen LogP contribution in [0.5, 0.6) is 5.75 Å². The molecule has 27 heavy (non-hydrogen) atoms. The first-order valence-corrected chi connectivity index (χ1v) is 9.41. The molecular formula is C19H14ClNO4S2. The molecule has 1 fully saturated rings. The van der Waals surface area contributed by atoms with Crippen molar-refractivity contribution in [2.24, 2.45) is 0 Å². The number of nitrogens with zero attached hydrogens (tertiary/aromatic N) is 1. The average molecular weight is 420 g/mol. The minimum absolute atomic E-state index is 0.159. The second-order valence-electron chi connectivity index (χ2n) is 5.43. The number of hydrogen-bond donors (Lipinski definition) is 0. The van der Waals surface area contributed by atoms with Gasteiger partial charge in [0.05, 0.1) is 17.7 Å². The SMILES string of the molecule is COC(=O)COc1ccc(/C=C2/SC(=S)N(c3cccc(Cl)c3)C2=O)cc1. The molecule has 0 unspecified atom stereocenters. The molecule has 1 aliphatic heterocycles. The molecule has 0 saturated carbocycles. The minimum atomic E-state index is -0.455. The molecule has 8 heteroatoms. The maximum Gasteiger partial charge on any atom is 0.343 e. The summed E-state index contributed by atoms with van der Waals surface area (Å²) < 4.78 is 10.3. The van der Waals surface area contributed by atoms with E-state index < -0.39 is 5.97 Å². The van der Waals surface area contributed by atoms with Crippen molar-refractivity contribution in [3.05, 3.63) is 64.0 Å². The highest BCUT2D eigenvalue weighted by Crippen LogP contribution is 2.36. The zero-order chi connectivity index (χ0) is 19.4. The largest absolute Gasteiger partial charge is 0.482 e. The zero-order valence-electron chi connectivity index (χ0n) is 14.2. The van der Waals surface area contributed by atoms with Crippen LogP contribution in [-0.2, 0) is 14.3 Å². The Morgan fingerprint density at radius 2 is 2.00 bits per heavy atom. The fraction of sp³-hybridized carbons (Fsp3) is 0.105. The Hall–Kier alpha value is -2.35. The molecule has 0 N–H and O–H groups in total. The summed E-state index contributed by atoms with van der Waals surface area (Å²) in [5.41, 5.74) is 1.45. The molecular weight excluding hydrogens is 406 g/mol. The van der Waals surface area contributed by atoms with E-state index in [1.807, 2.05) is 0 Å². The van der Waals surface area contributed by atoms with Crippen LogP contribution in [0.4, 0.5) is 5.69 Å². The van der Waals surface area contributed by atoms with Crippen LogP contribution in [0.3, 0.4) is 0 Å². The van der Waals surface area contributed by atoms with Crippen LogP contribution in [-0.4, -0.2) is 29.9 Å². The number of amides is 1. The Kier molecular flexibility index (Phi) is 6.15. The first kappa shape index (κ1) is 19.4. The van der Waals surface area contributed by atoms with Gasteiger partial charge in [0.15, 0.2) is 10.9 Å². The van der Waals surface area contributed by atoms with Gasteiger partial charge in [-0.1, -0.05) is 53.8 Å². The maximum absolute atomic E-state index is 12.7. The topological polar surface area (TPSA) is 55.8 Å². The smallest absolute Gasteiger partial charge is 0.343 e. The molecule has 0 bridgehead atoms. The van der Waals surface area contributed by atoms with E-state index in [-0.39, 0.29) is 12.5 Å². The van der Waals surface area contributed by atoms with Gasteiger partial charge in [-0.2, -0.15) is 0 Å². The number of thiocarbonyl (C=S) groups is 1. The van der Waals surface area contributed by atoms with Gasteiger partial charge in [0.2, 0.25) is 0 Å². The van der Waals surface area contributed by atoms with Gasteiger partial charge in [-0.05, 0) is 42.0 Å². The van der Waals surface area contributed by atoms with E-state index in [1.54, 1.807) is 54.6 Å². The number of methoxy groups -OCH3 is 1. The highest BCUT2D eigenvalue weighted by molar-refractivity contribution is 8.27. The Morgan fingerprint density at radius 1 is 1.26 bits per heavy atom. The molecule has 0 atom stereocenters. The Balaban J connectivity index is 1.75. The van der Waals surface area contributed by atoms with Crippen molar-refractivity contribution >= 4 is 63.5 Å². The molecule has 2 aromatic carbocycles. The predicted octanol–water partition coefficient (Wildman–Crippen LogP) is 4.30. The van der Waals surface area contributed by atoms with Crippen LogP contribution in [0.2, 0.25) is 5.02 Å². The molecule has 2 aromatic rings. The molecule has 1 aliphatic rings. The third-order valence-electron chi connectivity index (χ3n) is 3.62. The molecule has 138 valence electrons. The highest BCUT2D eigenvalue weighted by Gasteiger charge is 2.33. The average Bonchev–Trinajstić information content (AvgIpc) is 2.94. The van der Waals surface area contributed by atoms with E-state index in [0.717, 1.165) is 5.56 Å². The van der Waals surface area contributed by atoms with Crippen LogP contribution in [0, 0.1) is 0 Å². The second kappa shape index (κ2) is 8.56. The Morgan fingerprint density at radius 3 is 2.67 bits per heavy atom. The number of ether oxygens (including phenoxy) is 2. The van der Waals surface area contributed by atoms with E-state index in [4.69, 9.17) is 28.6 Å². The summed E-state index contributed by atoms with van der Waals surface area (Å²) in [6.45, 7) is -0.159. The number of esters is 1. The fourth-order valence-corrected chi connectivity index (χ4v) is 3.80. The van der Waals surface area contributed by atoms with Crippen LogP contribution in [0.1, 0.15) is 5.56 Å². The number of thioether (sulfide) groups is 1. The molecule has 0 aliphatic carbocycles. The highest BCUT2D eigenvalue weighted by atomic mass is 35.5. The van der Waals surface area contributed by atoms with E-state index in [1.165, 1.54) is 23.8 Å². The molecule has 1 saturated heterocycles. The summed E-state index contributed by atoms with van der Waals surface area (Å²) in [7, 11) is 1.30. The lowest BCUT2D eigenvalue weighted by Gasteiger charge is -2.14. The number of anilines is 1. The summed E-state index contributed by atoms with van der Waals surface area (Å²) in [5, 5.41) is 0.535. The molecule has 0 aromatic heterocycles. The normalized spacial score (nSPS) is 15.3. The molecule has 5 nitrogen and oxygen atoms in total. The van der Waals surface area contributed by atoms with Crippen LogP contribution < -0.4 is 9.64 Å². The monoisotopic (exact) mass is 419 g/mol. The van der Waals surface area contributed by atoms with Crippen molar-refractivity contribution in [1.82, 2.24) is 0 Å². The third-order valence-corrected chi connectivity index (χ3v) is 5.16. The van der Waals surface area contributed by atoms with E-state index in [0.29, 0.717) is 25.7 Å². The molecule has 3 rings (SSSR count). The van der Waals surface area contributed by atoms with Crippen LogP contribution >= 0.6 is 35.6 Å². The number of carbonyl (C=O) groups is 2. The maximum atomic E-state index is 12.7. The van der Waals surface area contributed by atoms with Gasteiger partial charge in [0, 0.05) is 5.02 Å². The standard InChI is InChI=1S/C19H14ClNO4S2/c1-24-17(22)11-25-15-7-5-12(6-8-15)9-16-18(23)21(19(26)27-16)14-4-2-3-13(20)10-14/h2-10H,11H2,1H3/b16-9+. The van der Waals surface area contributed by atoms with Gasteiger partial charge in [-0.25, -0.2) is 4.79 Å². The van der Waals surface area contributed by atoms with Crippen LogP contribution in [0.25, 0.3) is 6.08 Å². The molecule has 1 heterocycles. The van der Waals surface area contributed by atoms with Gasteiger partial charge in [0.1, 0.15) is 5.75 Å². The van der Waals surface area contributed by atoms with Gasteiger partial charge in [-0.3, -0.25) is 9.69 Å². The summed E-state index contributed by atoms with van der Waals surface area (Å²) in [5.74, 6) is -0.119. The lowest BCUT2D eigenvalue weighted by atomic mass is 10.2. The fourth-order valence-electron chi connectivity index (χ4n) is 2.32. The lowest BCUT2D eigenvalue weighted by Crippen LogP contribution is -2.27. The number of halogens is 1. The van der Waals surface area contributed by atoms with Crippen molar-refractivity contribution in [1.29, 1.82) is 0 Å². The van der Waals surface area contributed by atoms with Gasteiger partial charge in [0.25, 0.3) is 5.91 Å². The van der Waals surface area contributed by atoms with Gasteiger partial charge in [-0.15, -0.1) is 0 Å². The molecule has 0 spiro atoms. The quantitative estimate of drug-likeness (QED) is 0.409. The number of benzene rings is 2. The zero-order valence-corrected chi connectivity index (χ0v) is 16.6. The first-order chi connectivity index (χ1) is 13.0. The van der Waals surface area contributed by atoms with Crippen molar-refractivity contribution in [2.75, 3.05) is 18.6 Å². The van der Waals surface area contributed by atoms with Crippen molar-refractivity contribution in [2.45, 2.75) is 0 Å². The number of rotatable bonds is 5. The number of carbonyl (C=O) groups excluding carboxylic acids is 2. The van der Waals surface area contributed by atoms with E-state index in [2.05, 4.69) is 4.74 Å². The summed E-state index contributed by atoms with van der Waals surface area (Å²) in [4.78, 5) is 25.8. The second-order valence-corrected chi connectivity index (χ2v) is 7.54. The van der Waals surface area contributed by atoms with E-state index >= 15 is 0 Å². The lowest BCUT2D eigenvalue weighted by molar-refractivity contribution is -0.142. The number of hydrogen-bond acceptors (Lipinski definition) is 6. The van der Waals surface area contributed by atoms with Gasteiger partial charge < -0.3 is 9.47 Å². The van der Waals surface area contributed by atoms with E-state index in [9.17, 15) is 9.59 Å².